The minimum atomic E-state index is -0.256. The molecule has 0 aliphatic rings. The molecule has 7 nitrogen and oxygen atoms in total. The molecule has 3 heterocycles. The first-order chi connectivity index (χ1) is 14.9. The van der Waals surface area contributed by atoms with E-state index in [4.69, 9.17) is 11.6 Å². The maximum Gasteiger partial charge on any atom is 0.228 e. The Hall–Kier alpha value is -3.58. The standard InChI is InChI=1S/C23H20ClN5O2/c1-14(2)29-12-19(18-11-25-13-27-23(18)29)22(31)20-10-17(7-8-26-20)28-21(30)9-15-3-5-16(24)6-4-15/h3-8,10-14H,9H2,1-2H3,(H,26,28,30). The second kappa shape index (κ2) is 8.65. The second-order valence-electron chi connectivity index (χ2n) is 7.41. The molecule has 0 fully saturated rings. The Morgan fingerprint density at radius 1 is 1.13 bits per heavy atom. The van der Waals surface area contributed by atoms with Crippen LogP contribution in [0, 0.1) is 0 Å². The van der Waals surface area contributed by atoms with E-state index >= 15 is 0 Å². The van der Waals surface area contributed by atoms with Gasteiger partial charge in [-0.2, -0.15) is 0 Å². The molecule has 0 radical (unpaired) electrons. The number of carbonyl (C=O) groups is 2. The molecule has 4 aromatic rings. The summed E-state index contributed by atoms with van der Waals surface area (Å²) in [6.07, 6.45) is 6.57. The van der Waals surface area contributed by atoms with E-state index < -0.39 is 0 Å². The number of amides is 1. The number of hydrogen-bond donors (Lipinski definition) is 1. The number of anilines is 1. The van der Waals surface area contributed by atoms with Crippen LogP contribution in [0.25, 0.3) is 11.0 Å². The molecule has 0 saturated carbocycles. The Balaban J connectivity index is 1.57. The highest BCUT2D eigenvalue weighted by atomic mass is 35.5. The first-order valence-corrected chi connectivity index (χ1v) is 10.2. The van der Waals surface area contributed by atoms with E-state index in [9.17, 15) is 9.59 Å². The summed E-state index contributed by atoms with van der Waals surface area (Å²) in [5, 5.41) is 4.10. The first-order valence-electron chi connectivity index (χ1n) is 9.78. The highest BCUT2D eigenvalue weighted by Crippen LogP contribution is 2.24. The summed E-state index contributed by atoms with van der Waals surface area (Å²) in [5.41, 5.74) is 2.74. The van der Waals surface area contributed by atoms with Gasteiger partial charge in [0.15, 0.2) is 0 Å². The Labute approximate surface area is 184 Å². The molecular formula is C23H20ClN5O2. The number of nitrogens with one attached hydrogen (secondary N) is 1. The van der Waals surface area contributed by atoms with Gasteiger partial charge in [-0.1, -0.05) is 23.7 Å². The van der Waals surface area contributed by atoms with Gasteiger partial charge in [0.25, 0.3) is 0 Å². The zero-order chi connectivity index (χ0) is 22.0. The summed E-state index contributed by atoms with van der Waals surface area (Å²) in [7, 11) is 0. The van der Waals surface area contributed by atoms with E-state index in [1.807, 2.05) is 18.4 Å². The molecule has 3 aromatic heterocycles. The number of carbonyl (C=O) groups excluding carboxylic acids is 2. The van der Waals surface area contributed by atoms with E-state index in [-0.39, 0.29) is 29.8 Å². The zero-order valence-corrected chi connectivity index (χ0v) is 17.8. The summed E-state index contributed by atoms with van der Waals surface area (Å²) < 4.78 is 1.93. The van der Waals surface area contributed by atoms with Crippen LogP contribution in [0.15, 0.2) is 61.3 Å². The third-order valence-corrected chi connectivity index (χ3v) is 5.10. The van der Waals surface area contributed by atoms with Crippen molar-refractivity contribution in [2.24, 2.45) is 0 Å². The van der Waals surface area contributed by atoms with Crippen molar-refractivity contribution in [1.82, 2.24) is 19.5 Å². The van der Waals surface area contributed by atoms with Crippen LogP contribution in [0.4, 0.5) is 5.69 Å². The highest BCUT2D eigenvalue weighted by molar-refractivity contribution is 6.30. The van der Waals surface area contributed by atoms with Gasteiger partial charge in [-0.25, -0.2) is 9.97 Å². The third kappa shape index (κ3) is 4.46. The van der Waals surface area contributed by atoms with Crippen molar-refractivity contribution in [2.45, 2.75) is 26.3 Å². The molecule has 0 unspecified atom stereocenters. The Bertz CT molecular complexity index is 1260. The summed E-state index contributed by atoms with van der Waals surface area (Å²) in [6.45, 7) is 4.04. The zero-order valence-electron chi connectivity index (χ0n) is 17.0. The number of rotatable bonds is 6. The molecule has 31 heavy (non-hydrogen) atoms. The normalized spacial score (nSPS) is 11.1. The van der Waals surface area contributed by atoms with Crippen LogP contribution < -0.4 is 5.32 Å². The molecule has 0 saturated heterocycles. The lowest BCUT2D eigenvalue weighted by molar-refractivity contribution is -0.115. The van der Waals surface area contributed by atoms with Crippen molar-refractivity contribution in [2.75, 3.05) is 5.32 Å². The molecule has 4 rings (SSSR count). The van der Waals surface area contributed by atoms with Gasteiger partial charge < -0.3 is 9.88 Å². The topological polar surface area (TPSA) is 89.8 Å². The highest BCUT2D eigenvalue weighted by Gasteiger charge is 2.20. The summed E-state index contributed by atoms with van der Waals surface area (Å²) in [5.74, 6) is -0.454. The Morgan fingerprint density at radius 3 is 2.65 bits per heavy atom. The summed E-state index contributed by atoms with van der Waals surface area (Å²) in [4.78, 5) is 38.2. The molecule has 1 N–H and O–H groups in total. The number of halogens is 1. The van der Waals surface area contributed by atoms with Crippen LogP contribution in [-0.2, 0) is 11.2 Å². The van der Waals surface area contributed by atoms with Crippen molar-refractivity contribution in [3.05, 3.63) is 83.2 Å². The van der Waals surface area contributed by atoms with E-state index in [2.05, 4.69) is 20.3 Å². The fraction of sp³-hybridized carbons (Fsp3) is 0.174. The van der Waals surface area contributed by atoms with Gasteiger partial charge in [-0.05, 0) is 43.7 Å². The van der Waals surface area contributed by atoms with E-state index in [0.717, 1.165) is 5.56 Å². The molecule has 156 valence electrons. The van der Waals surface area contributed by atoms with Gasteiger partial charge >= 0.3 is 0 Å². The predicted octanol–water partition coefficient (Wildman–Crippen LogP) is 4.47. The molecule has 0 atom stereocenters. The number of aromatic nitrogens is 4. The first kappa shape index (κ1) is 20.7. The van der Waals surface area contributed by atoms with Crippen molar-refractivity contribution < 1.29 is 9.59 Å². The van der Waals surface area contributed by atoms with Gasteiger partial charge in [0.1, 0.15) is 17.7 Å². The maximum absolute atomic E-state index is 13.2. The molecule has 1 amide bonds. The van der Waals surface area contributed by atoms with E-state index in [1.165, 1.54) is 12.5 Å². The molecule has 0 aliphatic carbocycles. The third-order valence-electron chi connectivity index (χ3n) is 4.85. The van der Waals surface area contributed by atoms with E-state index in [1.54, 1.807) is 48.8 Å². The maximum atomic E-state index is 13.2. The fourth-order valence-electron chi connectivity index (χ4n) is 3.33. The quantitative estimate of drug-likeness (QED) is 0.453. The molecule has 0 bridgehead atoms. The number of pyridine rings is 1. The average Bonchev–Trinajstić information content (AvgIpc) is 3.15. The monoisotopic (exact) mass is 433 g/mol. The molecular weight excluding hydrogens is 414 g/mol. The largest absolute Gasteiger partial charge is 0.329 e. The smallest absolute Gasteiger partial charge is 0.228 e. The minimum absolute atomic E-state index is 0.130. The number of benzene rings is 1. The van der Waals surface area contributed by atoms with Crippen LogP contribution in [-0.4, -0.2) is 31.2 Å². The van der Waals surface area contributed by atoms with Gasteiger partial charge in [-0.15, -0.1) is 0 Å². The molecule has 0 aliphatic heterocycles. The minimum Gasteiger partial charge on any atom is -0.329 e. The van der Waals surface area contributed by atoms with Crippen LogP contribution in [0.3, 0.4) is 0 Å². The van der Waals surface area contributed by atoms with Crippen LogP contribution in [0.2, 0.25) is 5.02 Å². The lowest BCUT2D eigenvalue weighted by atomic mass is 10.1. The van der Waals surface area contributed by atoms with Gasteiger partial charge in [-0.3, -0.25) is 14.6 Å². The second-order valence-corrected chi connectivity index (χ2v) is 7.85. The fourth-order valence-corrected chi connectivity index (χ4v) is 3.45. The van der Waals surface area contributed by atoms with Gasteiger partial charge in [0.2, 0.25) is 11.7 Å². The molecule has 1 aromatic carbocycles. The van der Waals surface area contributed by atoms with Gasteiger partial charge in [0, 0.05) is 40.7 Å². The average molecular weight is 434 g/mol. The predicted molar refractivity (Wildman–Crippen MR) is 119 cm³/mol. The van der Waals surface area contributed by atoms with Crippen molar-refractivity contribution in [1.29, 1.82) is 0 Å². The van der Waals surface area contributed by atoms with Crippen molar-refractivity contribution >= 4 is 40.0 Å². The SMILES string of the molecule is CC(C)n1cc(C(=O)c2cc(NC(=O)Cc3ccc(Cl)cc3)ccn2)c2cncnc21. The lowest BCUT2D eigenvalue weighted by Crippen LogP contribution is -2.15. The number of fused-ring (bicyclic) bond motifs is 1. The molecule has 0 spiro atoms. The van der Waals surface area contributed by atoms with Crippen LogP contribution >= 0.6 is 11.6 Å². The van der Waals surface area contributed by atoms with Gasteiger partial charge in [0.05, 0.1) is 12.0 Å². The van der Waals surface area contributed by atoms with Crippen LogP contribution in [0.1, 0.15) is 41.5 Å². The van der Waals surface area contributed by atoms with Crippen molar-refractivity contribution in [3.8, 4) is 0 Å². The Morgan fingerprint density at radius 2 is 1.90 bits per heavy atom. The number of ketones is 1. The number of hydrogen-bond acceptors (Lipinski definition) is 5. The summed E-state index contributed by atoms with van der Waals surface area (Å²) in [6, 6.07) is 10.4. The number of nitrogens with zero attached hydrogens (tertiary/aromatic N) is 4. The van der Waals surface area contributed by atoms with Crippen LogP contribution in [0.5, 0.6) is 0 Å². The summed E-state index contributed by atoms with van der Waals surface area (Å²) >= 11 is 5.88. The van der Waals surface area contributed by atoms with Crippen molar-refractivity contribution in [3.63, 3.8) is 0 Å². The molecule has 8 heteroatoms. The van der Waals surface area contributed by atoms with E-state index in [0.29, 0.717) is 27.3 Å². The lowest BCUT2D eigenvalue weighted by Gasteiger charge is -2.07. The Kier molecular flexibility index (Phi) is 5.77.